The fourth-order valence-corrected chi connectivity index (χ4v) is 6.00. The van der Waals surface area contributed by atoms with E-state index >= 15 is 0 Å². The second-order valence-corrected chi connectivity index (χ2v) is 11.7. The summed E-state index contributed by atoms with van der Waals surface area (Å²) in [7, 11) is 0. The fraction of sp³-hybridized carbons (Fsp3) is 0.400. The maximum atomic E-state index is 14.0. The van der Waals surface area contributed by atoms with Gasteiger partial charge in [0.25, 0.3) is 0 Å². The third kappa shape index (κ3) is 4.82. The summed E-state index contributed by atoms with van der Waals surface area (Å²) in [5.41, 5.74) is 2.98. The van der Waals surface area contributed by atoms with Crippen molar-refractivity contribution >= 4 is 23.4 Å². The molecule has 208 valence electrons. The highest BCUT2D eigenvalue weighted by Gasteiger charge is 2.38. The first-order valence-electron chi connectivity index (χ1n) is 13.8. The Labute approximate surface area is 232 Å². The molecular weight excluding hydrogens is 509 g/mol. The second-order valence-electron chi connectivity index (χ2n) is 11.7. The predicted octanol–water partition coefficient (Wildman–Crippen LogP) is 5.49. The molecule has 0 bridgehead atoms. The van der Waals surface area contributed by atoms with Gasteiger partial charge in [-0.15, -0.1) is 5.10 Å². The van der Waals surface area contributed by atoms with Crippen LogP contribution in [0, 0.1) is 11.2 Å². The number of pyridine rings is 1. The molecule has 3 aromatic heterocycles. The van der Waals surface area contributed by atoms with Crippen molar-refractivity contribution < 1.29 is 14.3 Å². The van der Waals surface area contributed by atoms with Gasteiger partial charge >= 0.3 is 6.09 Å². The minimum Gasteiger partial charge on any atom is -0.465 e. The average Bonchev–Trinajstić information content (AvgIpc) is 3.59. The number of nitrogens with zero attached hydrogens (tertiary/aromatic N) is 7. The normalized spacial score (nSPS) is 19.9. The molecule has 10 heteroatoms. The fourth-order valence-electron chi connectivity index (χ4n) is 6.00. The Morgan fingerprint density at radius 3 is 2.62 bits per heavy atom. The van der Waals surface area contributed by atoms with Gasteiger partial charge in [-0.05, 0) is 60.2 Å². The molecule has 6 rings (SSSR count). The van der Waals surface area contributed by atoms with Gasteiger partial charge in [0.2, 0.25) is 0 Å². The SMILES string of the molecule is CC(C)(C)C1CN(c2cccc(-c3cnc4ccc(N5CCCC5c5cccc(F)c5)nn34)n2)CCN1C(=O)O. The number of benzene rings is 1. The lowest BCUT2D eigenvalue weighted by molar-refractivity contribution is 0.0747. The number of carbonyl (C=O) groups is 1. The first kappa shape index (κ1) is 26.0. The van der Waals surface area contributed by atoms with Crippen LogP contribution in [0.5, 0.6) is 0 Å². The zero-order valence-corrected chi connectivity index (χ0v) is 23.0. The van der Waals surface area contributed by atoms with Gasteiger partial charge in [-0.3, -0.25) is 0 Å². The molecule has 2 aliphatic heterocycles. The smallest absolute Gasteiger partial charge is 0.407 e. The van der Waals surface area contributed by atoms with Crippen molar-refractivity contribution in [2.24, 2.45) is 5.41 Å². The van der Waals surface area contributed by atoms with E-state index in [1.165, 1.54) is 6.07 Å². The lowest BCUT2D eigenvalue weighted by atomic mass is 9.84. The summed E-state index contributed by atoms with van der Waals surface area (Å²) < 4.78 is 15.8. The lowest BCUT2D eigenvalue weighted by Crippen LogP contribution is -2.59. The van der Waals surface area contributed by atoms with Crippen molar-refractivity contribution in [1.29, 1.82) is 0 Å². The second kappa shape index (κ2) is 10.1. The van der Waals surface area contributed by atoms with E-state index in [1.54, 1.807) is 23.2 Å². The topological polar surface area (TPSA) is 90.1 Å². The molecule has 2 aliphatic rings. The van der Waals surface area contributed by atoms with Crippen molar-refractivity contribution in [3.05, 3.63) is 72.2 Å². The van der Waals surface area contributed by atoms with E-state index in [-0.39, 0.29) is 23.3 Å². The molecule has 2 atom stereocenters. The number of hydrogen-bond donors (Lipinski definition) is 1. The zero-order chi connectivity index (χ0) is 28.0. The van der Waals surface area contributed by atoms with E-state index < -0.39 is 6.09 Å². The maximum absolute atomic E-state index is 14.0. The molecule has 0 radical (unpaired) electrons. The van der Waals surface area contributed by atoms with E-state index in [2.05, 4.69) is 35.6 Å². The van der Waals surface area contributed by atoms with Gasteiger partial charge in [-0.2, -0.15) is 0 Å². The third-order valence-corrected chi connectivity index (χ3v) is 8.08. The van der Waals surface area contributed by atoms with Gasteiger partial charge in [0.1, 0.15) is 23.1 Å². The Morgan fingerprint density at radius 2 is 1.85 bits per heavy atom. The number of rotatable bonds is 4. The monoisotopic (exact) mass is 543 g/mol. The molecule has 1 amide bonds. The largest absolute Gasteiger partial charge is 0.465 e. The number of anilines is 2. The van der Waals surface area contributed by atoms with Crippen LogP contribution < -0.4 is 9.80 Å². The van der Waals surface area contributed by atoms with Crippen LogP contribution in [-0.4, -0.2) is 67.9 Å². The first-order chi connectivity index (χ1) is 19.2. The molecule has 0 aliphatic carbocycles. The number of halogens is 1. The number of piperazine rings is 1. The van der Waals surface area contributed by atoms with Crippen LogP contribution in [0.15, 0.2) is 60.8 Å². The molecule has 4 aromatic rings. The molecular formula is C30H34FN7O2. The quantitative estimate of drug-likeness (QED) is 0.364. The Hall–Kier alpha value is -4.21. The van der Waals surface area contributed by atoms with Crippen molar-refractivity contribution in [2.45, 2.75) is 45.7 Å². The summed E-state index contributed by atoms with van der Waals surface area (Å²) in [5.74, 6) is 1.38. The van der Waals surface area contributed by atoms with Crippen molar-refractivity contribution in [3.8, 4) is 11.4 Å². The number of fused-ring (bicyclic) bond motifs is 1. The van der Waals surface area contributed by atoms with E-state index in [9.17, 15) is 14.3 Å². The third-order valence-electron chi connectivity index (χ3n) is 8.08. The summed E-state index contributed by atoms with van der Waals surface area (Å²) in [6.07, 6.45) is 2.85. The van der Waals surface area contributed by atoms with E-state index in [0.29, 0.717) is 19.6 Å². The molecule has 0 saturated carbocycles. The predicted molar refractivity (Wildman–Crippen MR) is 152 cm³/mol. The molecule has 9 nitrogen and oxygen atoms in total. The van der Waals surface area contributed by atoms with Gasteiger partial charge in [0, 0.05) is 26.2 Å². The molecule has 40 heavy (non-hydrogen) atoms. The molecule has 1 aromatic carbocycles. The number of aromatic nitrogens is 4. The Balaban J connectivity index is 1.31. The molecule has 2 fully saturated rings. The Morgan fingerprint density at radius 1 is 1.02 bits per heavy atom. The Kier molecular flexibility index (Phi) is 6.56. The van der Waals surface area contributed by atoms with Gasteiger partial charge < -0.3 is 19.8 Å². The minimum absolute atomic E-state index is 0.0642. The van der Waals surface area contributed by atoms with E-state index in [1.807, 2.05) is 40.9 Å². The number of carboxylic acid groups (broad SMARTS) is 1. The van der Waals surface area contributed by atoms with Crippen LogP contribution in [0.1, 0.15) is 45.2 Å². The summed E-state index contributed by atoms with van der Waals surface area (Å²) in [6.45, 7) is 8.62. The van der Waals surface area contributed by atoms with Crippen LogP contribution in [0.3, 0.4) is 0 Å². The Bertz CT molecular complexity index is 1550. The van der Waals surface area contributed by atoms with Crippen LogP contribution in [-0.2, 0) is 0 Å². The molecule has 0 spiro atoms. The highest BCUT2D eigenvalue weighted by Crippen LogP contribution is 2.36. The van der Waals surface area contributed by atoms with Gasteiger partial charge in [0.05, 0.1) is 24.0 Å². The molecule has 2 saturated heterocycles. The summed E-state index contributed by atoms with van der Waals surface area (Å²) in [6, 6.07) is 16.5. The highest BCUT2D eigenvalue weighted by molar-refractivity contribution is 5.67. The van der Waals surface area contributed by atoms with Gasteiger partial charge in [0.15, 0.2) is 5.65 Å². The summed E-state index contributed by atoms with van der Waals surface area (Å²) >= 11 is 0. The zero-order valence-electron chi connectivity index (χ0n) is 23.0. The number of amides is 1. The molecule has 1 N–H and O–H groups in total. The standard InChI is InChI=1S/C30H34FN7O2/c1-30(2,3)25-19-35(15-16-37(25)29(39)40)27-11-5-9-22(33-27)24-18-32-26-12-13-28(34-38(24)26)36-14-6-10-23(36)20-7-4-8-21(31)17-20/h4-5,7-9,11-13,17-18,23,25H,6,10,14-16,19H2,1-3H3,(H,39,40). The summed E-state index contributed by atoms with van der Waals surface area (Å²) in [5, 5.41) is 14.7. The summed E-state index contributed by atoms with van der Waals surface area (Å²) in [4.78, 5) is 27.4. The van der Waals surface area contributed by atoms with Crippen LogP contribution in [0.2, 0.25) is 0 Å². The van der Waals surface area contributed by atoms with Crippen LogP contribution in [0.25, 0.3) is 17.0 Å². The van der Waals surface area contributed by atoms with E-state index in [0.717, 1.165) is 53.6 Å². The first-order valence-corrected chi connectivity index (χ1v) is 13.8. The van der Waals surface area contributed by atoms with Crippen LogP contribution >= 0.6 is 0 Å². The number of imidazole rings is 1. The van der Waals surface area contributed by atoms with Crippen molar-refractivity contribution in [3.63, 3.8) is 0 Å². The lowest BCUT2D eigenvalue weighted by Gasteiger charge is -2.46. The minimum atomic E-state index is -0.883. The average molecular weight is 544 g/mol. The van der Waals surface area contributed by atoms with Crippen molar-refractivity contribution in [1.82, 2.24) is 24.5 Å². The maximum Gasteiger partial charge on any atom is 0.407 e. The number of hydrogen-bond acceptors (Lipinski definition) is 6. The van der Waals surface area contributed by atoms with E-state index in [4.69, 9.17) is 10.1 Å². The van der Waals surface area contributed by atoms with Gasteiger partial charge in [-0.25, -0.2) is 23.7 Å². The van der Waals surface area contributed by atoms with Crippen LogP contribution in [0.4, 0.5) is 20.8 Å². The van der Waals surface area contributed by atoms with Crippen molar-refractivity contribution in [2.75, 3.05) is 36.0 Å². The van der Waals surface area contributed by atoms with Gasteiger partial charge in [-0.1, -0.05) is 39.0 Å². The molecule has 2 unspecified atom stereocenters. The highest BCUT2D eigenvalue weighted by atomic mass is 19.1. The molecule has 5 heterocycles.